The lowest BCUT2D eigenvalue weighted by Gasteiger charge is -2.30. The molecular weight excluding hydrogens is 224 g/mol. The summed E-state index contributed by atoms with van der Waals surface area (Å²) in [6, 6.07) is 0.282. The SMILES string of the molecule is C/C=C\CC(C)N(C)C(=O)N(C)/C(=C/C)CCC. The molecular formula is C15H28N2O. The highest BCUT2D eigenvalue weighted by Gasteiger charge is 2.20. The van der Waals surface area contributed by atoms with Gasteiger partial charge in [0.15, 0.2) is 0 Å². The third-order valence-electron chi connectivity index (χ3n) is 3.23. The van der Waals surface area contributed by atoms with Gasteiger partial charge in [-0.3, -0.25) is 0 Å². The molecule has 104 valence electrons. The maximum atomic E-state index is 12.3. The molecule has 0 radical (unpaired) electrons. The topological polar surface area (TPSA) is 23.6 Å². The minimum absolute atomic E-state index is 0.0635. The fourth-order valence-corrected chi connectivity index (χ4v) is 1.80. The fourth-order valence-electron chi connectivity index (χ4n) is 1.80. The molecule has 1 atom stereocenters. The maximum Gasteiger partial charge on any atom is 0.323 e. The summed E-state index contributed by atoms with van der Waals surface area (Å²) in [7, 11) is 3.72. The lowest BCUT2D eigenvalue weighted by molar-refractivity contribution is 0.168. The number of carbonyl (C=O) groups excluding carboxylic acids is 1. The molecule has 0 aromatic rings. The van der Waals surface area contributed by atoms with Gasteiger partial charge in [0.2, 0.25) is 0 Å². The number of amides is 2. The first-order chi connectivity index (χ1) is 8.49. The molecule has 0 aliphatic carbocycles. The predicted molar refractivity (Wildman–Crippen MR) is 78.5 cm³/mol. The van der Waals surface area contributed by atoms with Crippen LogP contribution in [0.25, 0.3) is 0 Å². The average Bonchev–Trinajstić information content (AvgIpc) is 2.39. The monoisotopic (exact) mass is 252 g/mol. The highest BCUT2D eigenvalue weighted by molar-refractivity contribution is 5.76. The number of carbonyl (C=O) groups is 1. The summed E-state index contributed by atoms with van der Waals surface area (Å²) in [5.41, 5.74) is 1.09. The van der Waals surface area contributed by atoms with Crippen molar-refractivity contribution in [3.63, 3.8) is 0 Å². The van der Waals surface area contributed by atoms with Gasteiger partial charge in [0.25, 0.3) is 0 Å². The van der Waals surface area contributed by atoms with Crippen molar-refractivity contribution in [3.8, 4) is 0 Å². The lowest BCUT2D eigenvalue weighted by Crippen LogP contribution is -2.42. The van der Waals surface area contributed by atoms with Gasteiger partial charge in [-0.15, -0.1) is 0 Å². The van der Waals surface area contributed by atoms with Crippen LogP contribution in [0, 0.1) is 0 Å². The van der Waals surface area contributed by atoms with Gasteiger partial charge in [-0.05, 0) is 33.6 Å². The Kier molecular flexibility index (Phi) is 8.17. The van der Waals surface area contributed by atoms with E-state index in [1.807, 2.05) is 40.1 Å². The molecule has 0 saturated carbocycles. The van der Waals surface area contributed by atoms with Crippen molar-refractivity contribution < 1.29 is 4.79 Å². The first kappa shape index (κ1) is 16.8. The summed E-state index contributed by atoms with van der Waals surface area (Å²) >= 11 is 0. The molecule has 0 saturated heterocycles. The van der Waals surface area contributed by atoms with Crippen LogP contribution < -0.4 is 0 Å². The molecule has 0 rings (SSSR count). The highest BCUT2D eigenvalue weighted by Crippen LogP contribution is 2.13. The van der Waals surface area contributed by atoms with Crippen LogP contribution in [0.1, 0.15) is 47.0 Å². The largest absolute Gasteiger partial charge is 0.324 e. The van der Waals surface area contributed by atoms with E-state index in [0.717, 1.165) is 25.0 Å². The van der Waals surface area contributed by atoms with E-state index in [4.69, 9.17) is 0 Å². The van der Waals surface area contributed by atoms with Crippen molar-refractivity contribution in [2.45, 2.75) is 53.0 Å². The zero-order valence-corrected chi connectivity index (χ0v) is 12.7. The van der Waals surface area contributed by atoms with Gasteiger partial charge in [0.1, 0.15) is 0 Å². The van der Waals surface area contributed by atoms with Gasteiger partial charge in [-0.1, -0.05) is 31.6 Å². The number of rotatable bonds is 6. The molecule has 0 heterocycles. The Labute approximate surface area is 112 Å². The van der Waals surface area contributed by atoms with Crippen LogP contribution in [0.5, 0.6) is 0 Å². The zero-order chi connectivity index (χ0) is 14.1. The Balaban J connectivity index is 4.61. The molecule has 3 heteroatoms. The van der Waals surface area contributed by atoms with Crippen molar-refractivity contribution in [1.29, 1.82) is 0 Å². The number of urea groups is 1. The zero-order valence-electron chi connectivity index (χ0n) is 12.7. The molecule has 0 N–H and O–H groups in total. The van der Waals surface area contributed by atoms with E-state index >= 15 is 0 Å². The third kappa shape index (κ3) is 4.94. The Morgan fingerprint density at radius 3 is 2.33 bits per heavy atom. The van der Waals surface area contributed by atoms with Gasteiger partial charge in [-0.25, -0.2) is 4.79 Å². The van der Waals surface area contributed by atoms with E-state index in [1.54, 1.807) is 9.80 Å². The van der Waals surface area contributed by atoms with Crippen molar-refractivity contribution in [2.75, 3.05) is 14.1 Å². The van der Waals surface area contributed by atoms with Crippen LogP contribution >= 0.6 is 0 Å². The van der Waals surface area contributed by atoms with E-state index in [0.29, 0.717) is 0 Å². The summed E-state index contributed by atoms with van der Waals surface area (Å²) < 4.78 is 0. The Hall–Kier alpha value is -1.25. The summed E-state index contributed by atoms with van der Waals surface area (Å²) in [6.07, 6.45) is 9.02. The molecule has 2 amide bonds. The minimum atomic E-state index is 0.0635. The van der Waals surface area contributed by atoms with E-state index in [2.05, 4.69) is 19.9 Å². The van der Waals surface area contributed by atoms with Crippen LogP contribution in [0.2, 0.25) is 0 Å². The Morgan fingerprint density at radius 1 is 1.28 bits per heavy atom. The van der Waals surface area contributed by atoms with Gasteiger partial charge < -0.3 is 9.80 Å². The molecule has 0 aromatic heterocycles. The number of hydrogen-bond acceptors (Lipinski definition) is 1. The summed E-state index contributed by atoms with van der Waals surface area (Å²) in [4.78, 5) is 15.9. The van der Waals surface area contributed by atoms with Crippen molar-refractivity contribution in [3.05, 3.63) is 23.9 Å². The summed E-state index contributed by atoms with van der Waals surface area (Å²) in [5, 5.41) is 0. The normalized spacial score (nSPS) is 13.8. The van der Waals surface area contributed by atoms with Gasteiger partial charge in [0, 0.05) is 25.8 Å². The summed E-state index contributed by atoms with van der Waals surface area (Å²) in [5.74, 6) is 0. The molecule has 1 unspecified atom stereocenters. The van der Waals surface area contributed by atoms with Crippen LogP contribution in [0.4, 0.5) is 4.79 Å². The highest BCUT2D eigenvalue weighted by atomic mass is 16.2. The minimum Gasteiger partial charge on any atom is -0.324 e. The average molecular weight is 252 g/mol. The van der Waals surface area contributed by atoms with E-state index in [9.17, 15) is 4.79 Å². The van der Waals surface area contributed by atoms with Crippen LogP contribution in [0.15, 0.2) is 23.9 Å². The van der Waals surface area contributed by atoms with Gasteiger partial charge >= 0.3 is 6.03 Å². The molecule has 0 aromatic carbocycles. The second-order valence-corrected chi connectivity index (χ2v) is 4.64. The quantitative estimate of drug-likeness (QED) is 0.655. The number of hydrogen-bond donors (Lipinski definition) is 0. The molecule has 3 nitrogen and oxygen atoms in total. The van der Waals surface area contributed by atoms with Crippen molar-refractivity contribution in [1.82, 2.24) is 9.80 Å². The van der Waals surface area contributed by atoms with Gasteiger partial charge in [-0.2, -0.15) is 0 Å². The first-order valence-electron chi connectivity index (χ1n) is 6.76. The van der Waals surface area contributed by atoms with Crippen molar-refractivity contribution in [2.24, 2.45) is 0 Å². The summed E-state index contributed by atoms with van der Waals surface area (Å²) in [6.45, 7) is 8.18. The molecule has 18 heavy (non-hydrogen) atoms. The Morgan fingerprint density at radius 2 is 1.89 bits per heavy atom. The standard InChI is InChI=1S/C15H28N2O/c1-7-10-12-13(4)16(5)15(18)17(6)14(9-3)11-8-2/h7,9-10,13H,8,11-12H2,1-6H3/b10-7-,14-9+. The van der Waals surface area contributed by atoms with Crippen LogP contribution in [-0.2, 0) is 0 Å². The second kappa shape index (κ2) is 8.78. The Bertz CT molecular complexity index is 308. The third-order valence-corrected chi connectivity index (χ3v) is 3.23. The molecule has 0 fully saturated rings. The fraction of sp³-hybridized carbons (Fsp3) is 0.667. The maximum absolute atomic E-state index is 12.3. The first-order valence-corrected chi connectivity index (χ1v) is 6.76. The second-order valence-electron chi connectivity index (χ2n) is 4.64. The number of nitrogens with zero attached hydrogens (tertiary/aromatic N) is 2. The van der Waals surface area contributed by atoms with E-state index in [1.165, 1.54) is 0 Å². The van der Waals surface area contributed by atoms with Crippen LogP contribution in [0.3, 0.4) is 0 Å². The van der Waals surface area contributed by atoms with Crippen LogP contribution in [-0.4, -0.2) is 36.0 Å². The lowest BCUT2D eigenvalue weighted by atomic mass is 10.2. The molecule has 0 aliphatic heterocycles. The predicted octanol–water partition coefficient (Wildman–Crippen LogP) is 4.03. The van der Waals surface area contributed by atoms with Crippen molar-refractivity contribution >= 4 is 6.03 Å². The van der Waals surface area contributed by atoms with E-state index < -0.39 is 0 Å². The molecule has 0 spiro atoms. The number of allylic oxidation sites excluding steroid dienone is 3. The van der Waals surface area contributed by atoms with Gasteiger partial charge in [0.05, 0.1) is 0 Å². The molecule has 0 aliphatic rings. The van der Waals surface area contributed by atoms with E-state index in [-0.39, 0.29) is 12.1 Å². The molecule has 0 bridgehead atoms. The smallest absolute Gasteiger partial charge is 0.323 e.